The SMILES string of the molecule is Cc1ncsc1-c1ccc(CNC(=O)[C@@H]2C[C@@H](O)CN2C(=O)[C@@H](NC(=O)COCCOCCOCCOCCOc2ccc(-c3ccc4c(c3)[nH]c3ccncc34)cn2)C(C)(C)C)cc1. The van der Waals surface area contributed by atoms with Gasteiger partial charge in [0.1, 0.15) is 25.3 Å². The Hall–Kier alpha value is -5.82. The lowest BCUT2D eigenvalue weighted by Gasteiger charge is -2.35. The molecule has 0 aliphatic carbocycles. The number of rotatable bonds is 22. The second-order valence-corrected chi connectivity index (χ2v) is 17.7. The van der Waals surface area contributed by atoms with Crippen molar-refractivity contribution in [2.75, 3.05) is 66.0 Å². The maximum atomic E-state index is 13.9. The molecule has 3 amide bonds. The van der Waals surface area contributed by atoms with Crippen molar-refractivity contribution in [1.29, 1.82) is 0 Å². The van der Waals surface area contributed by atoms with Crippen LogP contribution in [0.2, 0.25) is 0 Å². The smallest absolute Gasteiger partial charge is 0.246 e. The first-order valence-corrected chi connectivity index (χ1v) is 22.6. The van der Waals surface area contributed by atoms with Crippen molar-refractivity contribution in [3.8, 4) is 27.4 Å². The van der Waals surface area contributed by atoms with Gasteiger partial charge in [0.25, 0.3) is 0 Å². The fourth-order valence-electron chi connectivity index (χ4n) is 7.57. The molecule has 6 aromatic rings. The number of aliphatic hydroxyl groups excluding tert-OH is 1. The number of likely N-dealkylation sites (tertiary alicyclic amines) is 1. The van der Waals surface area contributed by atoms with E-state index in [9.17, 15) is 19.5 Å². The van der Waals surface area contributed by atoms with Crippen LogP contribution in [0.15, 0.2) is 84.8 Å². The molecule has 65 heavy (non-hydrogen) atoms. The maximum absolute atomic E-state index is 13.9. The molecule has 4 N–H and O–H groups in total. The summed E-state index contributed by atoms with van der Waals surface area (Å²) in [5, 5.41) is 18.5. The number of ether oxygens (including phenoxy) is 5. The molecule has 1 aliphatic heterocycles. The van der Waals surface area contributed by atoms with Gasteiger partial charge in [0.05, 0.1) is 68.4 Å². The summed E-state index contributed by atoms with van der Waals surface area (Å²) >= 11 is 1.57. The molecule has 0 unspecified atom stereocenters. The van der Waals surface area contributed by atoms with Crippen molar-refractivity contribution in [2.45, 2.75) is 58.8 Å². The molecule has 3 atom stereocenters. The zero-order valence-electron chi connectivity index (χ0n) is 37.2. The first kappa shape index (κ1) is 47.2. The third-order valence-corrected chi connectivity index (χ3v) is 12.0. The van der Waals surface area contributed by atoms with Gasteiger partial charge in [-0.2, -0.15) is 0 Å². The van der Waals surface area contributed by atoms with Gasteiger partial charge in [-0.3, -0.25) is 19.4 Å². The molecule has 7 rings (SSSR count). The average molecular weight is 908 g/mol. The van der Waals surface area contributed by atoms with E-state index in [1.807, 2.05) is 81.9 Å². The van der Waals surface area contributed by atoms with E-state index in [1.165, 1.54) is 4.90 Å². The van der Waals surface area contributed by atoms with E-state index in [4.69, 9.17) is 23.7 Å². The number of aromatic amines is 1. The molecule has 17 heteroatoms. The van der Waals surface area contributed by atoms with Crippen molar-refractivity contribution < 1.29 is 43.2 Å². The second-order valence-electron chi connectivity index (χ2n) is 16.9. The molecule has 1 fully saturated rings. The van der Waals surface area contributed by atoms with Gasteiger partial charge in [-0.05, 0) is 47.2 Å². The Morgan fingerprint density at radius 1 is 0.831 bits per heavy atom. The fraction of sp³-hybridized carbons (Fsp3) is 0.417. The summed E-state index contributed by atoms with van der Waals surface area (Å²) in [5.41, 5.74) is 8.17. The van der Waals surface area contributed by atoms with Crippen LogP contribution in [-0.4, -0.2) is 132 Å². The maximum Gasteiger partial charge on any atom is 0.246 e. The standard InChI is InChI=1S/C48H57N7O9S/c1-31-44(65-30-52-31)33-7-5-32(6-8-33)25-51-46(58)41-24-36(56)28-55(41)47(59)45(48(2,3)4)54-42(57)29-63-20-19-61-16-15-60-17-18-62-21-22-64-43-12-10-35(26-50-43)34-9-11-37-38-27-49-14-13-39(38)53-40(37)23-34/h5-14,23,26-27,30,36,41,45,53,56H,15-22,24-25,28-29H2,1-4H3,(H,51,58)(H,54,57)/t36-,41+,45-/m1/s1. The Labute approximate surface area is 382 Å². The number of carbonyl (C=O) groups excluding carboxylic acids is 3. The number of thiazole rings is 1. The van der Waals surface area contributed by atoms with E-state index < -0.39 is 35.4 Å². The van der Waals surface area contributed by atoms with Gasteiger partial charge >= 0.3 is 0 Å². The molecule has 1 saturated heterocycles. The first-order valence-electron chi connectivity index (χ1n) is 21.8. The molecule has 1 aliphatic rings. The highest BCUT2D eigenvalue weighted by molar-refractivity contribution is 7.13. The van der Waals surface area contributed by atoms with Crippen LogP contribution in [0.4, 0.5) is 0 Å². The number of aryl methyl sites for hydroxylation is 1. The highest BCUT2D eigenvalue weighted by atomic mass is 32.1. The van der Waals surface area contributed by atoms with Gasteiger partial charge in [0, 0.05) is 71.5 Å². The minimum absolute atomic E-state index is 0.0126. The summed E-state index contributed by atoms with van der Waals surface area (Å²) < 4.78 is 28.0. The highest BCUT2D eigenvalue weighted by Crippen LogP contribution is 2.31. The second kappa shape index (κ2) is 22.4. The van der Waals surface area contributed by atoms with E-state index in [0.717, 1.165) is 54.6 Å². The lowest BCUT2D eigenvalue weighted by molar-refractivity contribution is -0.144. The number of hydrogen-bond donors (Lipinski definition) is 4. The molecule has 4 aromatic heterocycles. The number of H-pyrrole nitrogens is 1. The number of pyridine rings is 2. The molecule has 0 spiro atoms. The number of amides is 3. The van der Waals surface area contributed by atoms with E-state index in [0.29, 0.717) is 45.5 Å². The summed E-state index contributed by atoms with van der Waals surface area (Å²) in [4.78, 5) is 59.1. The molecule has 2 aromatic carbocycles. The van der Waals surface area contributed by atoms with Gasteiger partial charge in [0.2, 0.25) is 23.6 Å². The van der Waals surface area contributed by atoms with Crippen LogP contribution in [0.5, 0.6) is 5.88 Å². The summed E-state index contributed by atoms with van der Waals surface area (Å²) in [5.74, 6) is -0.771. The van der Waals surface area contributed by atoms with Crippen LogP contribution in [0.25, 0.3) is 43.4 Å². The Balaban J connectivity index is 0.723. The zero-order chi connectivity index (χ0) is 45.8. The Bertz CT molecular complexity index is 2510. The Morgan fingerprint density at radius 3 is 2.20 bits per heavy atom. The lowest BCUT2D eigenvalue weighted by atomic mass is 9.85. The molecule has 0 saturated carbocycles. The third kappa shape index (κ3) is 12.7. The van der Waals surface area contributed by atoms with Crippen molar-refractivity contribution in [2.24, 2.45) is 5.41 Å². The van der Waals surface area contributed by atoms with E-state index in [1.54, 1.807) is 23.7 Å². The third-order valence-electron chi connectivity index (χ3n) is 11.0. The number of nitrogens with one attached hydrogen (secondary N) is 3. The quantitative estimate of drug-likeness (QED) is 0.0629. The van der Waals surface area contributed by atoms with Crippen molar-refractivity contribution in [3.05, 3.63) is 96.0 Å². The van der Waals surface area contributed by atoms with Crippen molar-refractivity contribution in [3.63, 3.8) is 0 Å². The van der Waals surface area contributed by atoms with Crippen LogP contribution in [-0.2, 0) is 39.9 Å². The molecule has 5 heterocycles. The molecular weight excluding hydrogens is 851 g/mol. The highest BCUT2D eigenvalue weighted by Gasteiger charge is 2.44. The van der Waals surface area contributed by atoms with Gasteiger partial charge in [-0.25, -0.2) is 9.97 Å². The Morgan fingerprint density at radius 2 is 1.52 bits per heavy atom. The number of hydrogen-bond acceptors (Lipinski definition) is 13. The normalized spacial score (nSPS) is 15.7. The summed E-state index contributed by atoms with van der Waals surface area (Å²) in [6, 6.07) is 18.1. The molecular formula is C48H57N7O9S. The number of benzene rings is 2. The summed E-state index contributed by atoms with van der Waals surface area (Å²) in [7, 11) is 0. The first-order chi connectivity index (χ1) is 31.4. The molecule has 0 radical (unpaired) electrons. The van der Waals surface area contributed by atoms with Crippen LogP contribution < -0.4 is 15.4 Å². The number of β-amino-alcohol motifs (C(OH)–C–C–N with tert-alkyl or cyclic N) is 1. The molecule has 16 nitrogen and oxygen atoms in total. The van der Waals surface area contributed by atoms with Crippen LogP contribution in [0.1, 0.15) is 38.4 Å². The monoisotopic (exact) mass is 907 g/mol. The van der Waals surface area contributed by atoms with Crippen LogP contribution in [0, 0.1) is 12.3 Å². The van der Waals surface area contributed by atoms with Crippen LogP contribution >= 0.6 is 11.3 Å². The minimum atomic E-state index is -0.959. The topological polar surface area (TPSA) is 199 Å². The number of fused-ring (bicyclic) bond motifs is 3. The van der Waals surface area contributed by atoms with E-state index in [2.05, 4.69) is 48.8 Å². The molecule has 344 valence electrons. The predicted octanol–water partition coefficient (Wildman–Crippen LogP) is 5.46. The van der Waals surface area contributed by atoms with E-state index in [-0.39, 0.29) is 45.2 Å². The number of carbonyl (C=O) groups is 3. The number of nitrogens with zero attached hydrogens (tertiary/aromatic N) is 4. The average Bonchev–Trinajstić information content (AvgIpc) is 4.03. The van der Waals surface area contributed by atoms with Gasteiger partial charge in [0.15, 0.2) is 0 Å². The van der Waals surface area contributed by atoms with Crippen molar-refractivity contribution in [1.82, 2.24) is 35.5 Å². The van der Waals surface area contributed by atoms with Crippen LogP contribution in [0.3, 0.4) is 0 Å². The largest absolute Gasteiger partial charge is 0.475 e. The van der Waals surface area contributed by atoms with Crippen molar-refractivity contribution >= 4 is 50.9 Å². The van der Waals surface area contributed by atoms with Gasteiger partial charge in [-0.1, -0.05) is 57.2 Å². The minimum Gasteiger partial charge on any atom is -0.475 e. The number of aromatic nitrogens is 4. The predicted molar refractivity (Wildman–Crippen MR) is 247 cm³/mol. The Kier molecular flexibility index (Phi) is 16.2. The fourth-order valence-corrected chi connectivity index (χ4v) is 8.39. The van der Waals surface area contributed by atoms with Gasteiger partial charge < -0.3 is 49.3 Å². The summed E-state index contributed by atoms with van der Waals surface area (Å²) in [6.07, 6.45) is 4.68. The summed E-state index contributed by atoms with van der Waals surface area (Å²) in [6.45, 7) is 10.1. The zero-order valence-corrected chi connectivity index (χ0v) is 38.0. The van der Waals surface area contributed by atoms with E-state index >= 15 is 0 Å². The van der Waals surface area contributed by atoms with Gasteiger partial charge in [-0.15, -0.1) is 11.3 Å². The lowest BCUT2D eigenvalue weighted by Crippen LogP contribution is -2.58. The molecule has 0 bridgehead atoms. The number of aliphatic hydroxyl groups is 1.